The summed E-state index contributed by atoms with van der Waals surface area (Å²) < 4.78 is 11.0. The standard InChI is InChI=1S/C24H19N3O4/c28-22(25-17-9-10-20-21(14-17)31-12-11-30-20)13-15-5-7-16(8-6-15)23-18-3-1-2-4-19(18)24(29)27-26-23/h1-10,14,19H,11-13H2,(H,25,28). The molecule has 0 fully saturated rings. The molecule has 0 radical (unpaired) electrons. The first-order chi connectivity index (χ1) is 15.2. The predicted molar refractivity (Wildman–Crippen MR) is 115 cm³/mol. The highest BCUT2D eigenvalue weighted by atomic mass is 16.6. The maximum Gasteiger partial charge on any atom is 0.276 e. The second kappa shape index (κ2) is 8.02. The second-order valence-corrected chi connectivity index (χ2v) is 7.34. The number of hydrogen-bond donors (Lipinski definition) is 1. The van der Waals surface area contributed by atoms with Crippen LogP contribution < -0.4 is 14.8 Å². The third-order valence-corrected chi connectivity index (χ3v) is 5.23. The largest absolute Gasteiger partial charge is 0.486 e. The topological polar surface area (TPSA) is 89.4 Å². The number of allylic oxidation sites excluding steroid dienone is 3. The van der Waals surface area contributed by atoms with Crippen LogP contribution in [0.2, 0.25) is 0 Å². The molecule has 1 unspecified atom stereocenters. The molecule has 0 saturated carbocycles. The fourth-order valence-corrected chi connectivity index (χ4v) is 3.72. The van der Waals surface area contributed by atoms with Gasteiger partial charge < -0.3 is 14.8 Å². The molecule has 0 spiro atoms. The van der Waals surface area contributed by atoms with E-state index in [1.807, 2.05) is 48.6 Å². The molecule has 2 heterocycles. The number of hydrogen-bond acceptors (Lipinski definition) is 5. The average Bonchev–Trinajstić information content (AvgIpc) is 2.80. The van der Waals surface area contributed by atoms with Crippen LogP contribution >= 0.6 is 0 Å². The van der Waals surface area contributed by atoms with Gasteiger partial charge in [-0.3, -0.25) is 9.59 Å². The van der Waals surface area contributed by atoms with Gasteiger partial charge in [-0.25, -0.2) is 0 Å². The highest BCUT2D eigenvalue weighted by molar-refractivity contribution is 5.93. The summed E-state index contributed by atoms with van der Waals surface area (Å²) >= 11 is 0. The molecule has 2 aromatic carbocycles. The number of carbonyl (C=O) groups excluding carboxylic acids is 2. The number of benzene rings is 2. The van der Waals surface area contributed by atoms with Gasteiger partial charge in [-0.1, -0.05) is 48.6 Å². The van der Waals surface area contributed by atoms with Gasteiger partial charge in [0.15, 0.2) is 11.5 Å². The maximum atomic E-state index is 12.5. The number of carbonyl (C=O) groups is 2. The highest BCUT2D eigenvalue weighted by Gasteiger charge is 2.27. The van der Waals surface area contributed by atoms with E-state index in [0.29, 0.717) is 36.1 Å². The Balaban J connectivity index is 1.28. The number of amides is 2. The fraction of sp³-hybridized carbons (Fsp3) is 0.167. The monoisotopic (exact) mass is 413 g/mol. The number of nitrogens with one attached hydrogen (secondary N) is 1. The molecule has 2 aromatic rings. The van der Waals surface area contributed by atoms with E-state index < -0.39 is 0 Å². The number of anilines is 1. The summed E-state index contributed by atoms with van der Waals surface area (Å²) in [7, 11) is 0. The van der Waals surface area contributed by atoms with Crippen LogP contribution in [0.1, 0.15) is 11.1 Å². The first-order valence-electron chi connectivity index (χ1n) is 10.0. The zero-order valence-corrected chi connectivity index (χ0v) is 16.6. The molecule has 7 nitrogen and oxygen atoms in total. The van der Waals surface area contributed by atoms with Crippen LogP contribution in [0.15, 0.2) is 82.6 Å². The van der Waals surface area contributed by atoms with Gasteiger partial charge in [0.1, 0.15) is 13.2 Å². The van der Waals surface area contributed by atoms with Gasteiger partial charge in [-0.05, 0) is 23.3 Å². The molecule has 3 aliphatic rings. The van der Waals surface area contributed by atoms with Crippen LogP contribution in [0, 0.1) is 5.92 Å². The number of nitrogens with zero attached hydrogens (tertiary/aromatic N) is 2. The summed E-state index contributed by atoms with van der Waals surface area (Å²) in [4.78, 5) is 24.5. The molecule has 1 atom stereocenters. The van der Waals surface area contributed by atoms with Crippen molar-refractivity contribution >= 4 is 23.2 Å². The van der Waals surface area contributed by atoms with Crippen molar-refractivity contribution in [2.75, 3.05) is 18.5 Å². The van der Waals surface area contributed by atoms with Crippen molar-refractivity contribution in [3.63, 3.8) is 0 Å². The summed E-state index contributed by atoms with van der Waals surface area (Å²) in [6, 6.07) is 12.9. The molecule has 2 amide bonds. The Labute approximate surface area is 178 Å². The van der Waals surface area contributed by atoms with Crippen LogP contribution in [-0.4, -0.2) is 25.0 Å². The third kappa shape index (κ3) is 3.90. The molecule has 1 N–H and O–H groups in total. The van der Waals surface area contributed by atoms with Crippen molar-refractivity contribution in [3.05, 3.63) is 83.5 Å². The van der Waals surface area contributed by atoms with Crippen molar-refractivity contribution in [2.45, 2.75) is 6.42 Å². The first-order valence-corrected chi connectivity index (χ1v) is 10.0. The van der Waals surface area contributed by atoms with E-state index in [-0.39, 0.29) is 24.2 Å². The van der Waals surface area contributed by atoms with E-state index in [1.165, 1.54) is 0 Å². The maximum absolute atomic E-state index is 12.5. The summed E-state index contributed by atoms with van der Waals surface area (Å²) in [6.07, 6.45) is 7.67. The normalized spacial score (nSPS) is 18.7. The smallest absolute Gasteiger partial charge is 0.276 e. The van der Waals surface area contributed by atoms with Gasteiger partial charge in [-0.2, -0.15) is 0 Å². The van der Waals surface area contributed by atoms with Gasteiger partial charge >= 0.3 is 0 Å². The summed E-state index contributed by atoms with van der Waals surface area (Å²) in [5.74, 6) is 0.547. The fourth-order valence-electron chi connectivity index (χ4n) is 3.72. The molecule has 7 heteroatoms. The molecule has 154 valence electrons. The van der Waals surface area contributed by atoms with Crippen LogP contribution in [0.4, 0.5) is 5.69 Å². The average molecular weight is 413 g/mol. The lowest BCUT2D eigenvalue weighted by molar-refractivity contribution is -0.120. The van der Waals surface area contributed by atoms with Gasteiger partial charge in [0.2, 0.25) is 5.91 Å². The quantitative estimate of drug-likeness (QED) is 0.818. The molecular weight excluding hydrogens is 394 g/mol. The van der Waals surface area contributed by atoms with Gasteiger partial charge in [0.25, 0.3) is 5.91 Å². The lowest BCUT2D eigenvalue weighted by atomic mass is 9.89. The number of rotatable bonds is 4. The zero-order chi connectivity index (χ0) is 21.2. The Morgan fingerprint density at radius 3 is 2.65 bits per heavy atom. The number of fused-ring (bicyclic) bond motifs is 2. The van der Waals surface area contributed by atoms with E-state index in [4.69, 9.17) is 9.47 Å². The summed E-state index contributed by atoms with van der Waals surface area (Å²) in [6.45, 7) is 1.02. The molecule has 5 rings (SSSR count). The Bertz CT molecular complexity index is 1180. The molecule has 2 aliphatic heterocycles. The molecule has 31 heavy (non-hydrogen) atoms. The SMILES string of the molecule is O=C(Cc1ccc(C2=C3C=CC=CC3C(=O)N=N2)cc1)Nc1ccc2c(c1)OCCO2. The minimum Gasteiger partial charge on any atom is -0.486 e. The van der Waals surface area contributed by atoms with Gasteiger partial charge in [0, 0.05) is 17.3 Å². The molecule has 1 aliphatic carbocycles. The predicted octanol–water partition coefficient (Wildman–Crippen LogP) is 4.08. The molecule has 0 bridgehead atoms. The second-order valence-electron chi connectivity index (χ2n) is 7.34. The van der Waals surface area contributed by atoms with Crippen molar-refractivity contribution in [1.82, 2.24) is 0 Å². The van der Waals surface area contributed by atoms with Crippen molar-refractivity contribution in [2.24, 2.45) is 16.1 Å². The van der Waals surface area contributed by atoms with Crippen molar-refractivity contribution in [3.8, 4) is 11.5 Å². The Hall–Kier alpha value is -4.00. The highest BCUT2D eigenvalue weighted by Crippen LogP contribution is 2.34. The van der Waals surface area contributed by atoms with Crippen LogP contribution in [-0.2, 0) is 16.0 Å². The van der Waals surface area contributed by atoms with E-state index in [2.05, 4.69) is 15.5 Å². The third-order valence-electron chi connectivity index (χ3n) is 5.23. The van der Waals surface area contributed by atoms with E-state index >= 15 is 0 Å². The van der Waals surface area contributed by atoms with E-state index in [0.717, 1.165) is 16.7 Å². The van der Waals surface area contributed by atoms with Crippen LogP contribution in [0.5, 0.6) is 11.5 Å². The lowest BCUT2D eigenvalue weighted by Crippen LogP contribution is -2.17. The van der Waals surface area contributed by atoms with Crippen molar-refractivity contribution in [1.29, 1.82) is 0 Å². The molecular formula is C24H19N3O4. The number of azo groups is 1. The summed E-state index contributed by atoms with van der Waals surface area (Å²) in [5.41, 5.74) is 3.90. The van der Waals surface area contributed by atoms with E-state index in [1.54, 1.807) is 18.2 Å². The molecule has 0 aromatic heterocycles. The first kappa shape index (κ1) is 19.0. The Morgan fingerprint density at radius 1 is 1.00 bits per heavy atom. The molecule has 0 saturated heterocycles. The van der Waals surface area contributed by atoms with Crippen LogP contribution in [0.3, 0.4) is 0 Å². The summed E-state index contributed by atoms with van der Waals surface area (Å²) in [5, 5.41) is 10.8. The Morgan fingerprint density at radius 2 is 1.81 bits per heavy atom. The van der Waals surface area contributed by atoms with Gasteiger partial charge in [0.05, 0.1) is 18.0 Å². The van der Waals surface area contributed by atoms with E-state index in [9.17, 15) is 9.59 Å². The van der Waals surface area contributed by atoms with Crippen molar-refractivity contribution < 1.29 is 19.1 Å². The zero-order valence-electron chi connectivity index (χ0n) is 16.6. The minimum absolute atomic E-state index is 0.130. The number of ether oxygens (including phenoxy) is 2. The lowest BCUT2D eigenvalue weighted by Gasteiger charge is -2.19. The van der Waals surface area contributed by atoms with Gasteiger partial charge in [-0.15, -0.1) is 10.2 Å². The minimum atomic E-state index is -0.381. The Kier molecular flexibility index (Phi) is 4.92. The van der Waals surface area contributed by atoms with Crippen LogP contribution in [0.25, 0.3) is 5.70 Å².